The molecule has 22 heavy (non-hydrogen) atoms. The molecule has 2 aromatic rings. The standard InChI is InChI=1S/C17H21NO4/c1-5-10(3)18-15(20)8-12-11(4)16-13(19)6-9(2)7-14(16)22-17(12)21/h6-7,10,19H,5,8H2,1-4H3,(H,18,20). The van der Waals surface area contributed by atoms with Crippen LogP contribution in [0.2, 0.25) is 0 Å². The van der Waals surface area contributed by atoms with E-state index < -0.39 is 5.63 Å². The summed E-state index contributed by atoms with van der Waals surface area (Å²) < 4.78 is 5.27. The summed E-state index contributed by atoms with van der Waals surface area (Å²) in [5.74, 6) is -0.171. The second kappa shape index (κ2) is 6.22. The maximum absolute atomic E-state index is 12.1. The Morgan fingerprint density at radius 2 is 2.05 bits per heavy atom. The summed E-state index contributed by atoms with van der Waals surface area (Å²) in [5, 5.41) is 13.4. The molecule has 0 aliphatic rings. The third-order valence-electron chi connectivity index (χ3n) is 3.86. The largest absolute Gasteiger partial charge is 0.507 e. The van der Waals surface area contributed by atoms with E-state index in [1.807, 2.05) is 20.8 Å². The van der Waals surface area contributed by atoms with Crippen LogP contribution in [0.15, 0.2) is 21.3 Å². The maximum Gasteiger partial charge on any atom is 0.340 e. The van der Waals surface area contributed by atoms with E-state index in [4.69, 9.17) is 4.42 Å². The van der Waals surface area contributed by atoms with E-state index in [9.17, 15) is 14.7 Å². The molecule has 1 aromatic heterocycles. The molecule has 5 nitrogen and oxygen atoms in total. The topological polar surface area (TPSA) is 79.5 Å². The van der Waals surface area contributed by atoms with Crippen molar-refractivity contribution in [3.8, 4) is 5.75 Å². The normalized spacial score (nSPS) is 12.4. The van der Waals surface area contributed by atoms with Crippen LogP contribution >= 0.6 is 0 Å². The maximum atomic E-state index is 12.1. The van der Waals surface area contributed by atoms with Crippen molar-refractivity contribution < 1.29 is 14.3 Å². The average molecular weight is 303 g/mol. The van der Waals surface area contributed by atoms with Crippen molar-refractivity contribution in [1.29, 1.82) is 0 Å². The Morgan fingerprint density at radius 1 is 1.36 bits per heavy atom. The van der Waals surface area contributed by atoms with E-state index in [-0.39, 0.29) is 29.7 Å². The molecule has 1 unspecified atom stereocenters. The molecule has 0 aliphatic carbocycles. The number of nitrogens with one attached hydrogen (secondary N) is 1. The number of hydrogen-bond donors (Lipinski definition) is 2. The molecule has 0 bridgehead atoms. The fourth-order valence-electron chi connectivity index (χ4n) is 2.45. The zero-order chi connectivity index (χ0) is 16.4. The van der Waals surface area contributed by atoms with Gasteiger partial charge >= 0.3 is 5.63 Å². The van der Waals surface area contributed by atoms with Crippen molar-refractivity contribution in [2.24, 2.45) is 0 Å². The molecular formula is C17H21NO4. The number of rotatable bonds is 4. The highest BCUT2D eigenvalue weighted by atomic mass is 16.4. The molecule has 118 valence electrons. The first kappa shape index (κ1) is 16.1. The van der Waals surface area contributed by atoms with Crippen LogP contribution in [0.1, 0.15) is 37.0 Å². The van der Waals surface area contributed by atoms with Gasteiger partial charge in [-0.15, -0.1) is 0 Å². The van der Waals surface area contributed by atoms with Crippen LogP contribution < -0.4 is 10.9 Å². The van der Waals surface area contributed by atoms with E-state index in [1.54, 1.807) is 19.1 Å². The number of hydrogen-bond acceptors (Lipinski definition) is 4. The Morgan fingerprint density at radius 3 is 2.68 bits per heavy atom. The highest BCUT2D eigenvalue weighted by Crippen LogP contribution is 2.29. The van der Waals surface area contributed by atoms with Gasteiger partial charge in [-0.05, 0) is 50.5 Å². The molecule has 0 aliphatic heterocycles. The summed E-state index contributed by atoms with van der Waals surface area (Å²) in [6.07, 6.45) is 0.763. The minimum atomic E-state index is -0.533. The lowest BCUT2D eigenvalue weighted by atomic mass is 10.0. The highest BCUT2D eigenvalue weighted by Gasteiger charge is 2.17. The third kappa shape index (κ3) is 3.13. The van der Waals surface area contributed by atoms with Gasteiger partial charge in [-0.3, -0.25) is 4.79 Å². The summed E-state index contributed by atoms with van der Waals surface area (Å²) in [4.78, 5) is 24.1. The van der Waals surface area contributed by atoms with Crippen molar-refractivity contribution in [1.82, 2.24) is 5.32 Å². The predicted octanol–water partition coefficient (Wildman–Crippen LogP) is 2.57. The summed E-state index contributed by atoms with van der Waals surface area (Å²) in [6.45, 7) is 7.41. The van der Waals surface area contributed by atoms with Crippen molar-refractivity contribution in [3.63, 3.8) is 0 Å². The van der Waals surface area contributed by atoms with Gasteiger partial charge in [0, 0.05) is 6.04 Å². The Balaban J connectivity index is 2.47. The zero-order valence-electron chi connectivity index (χ0n) is 13.3. The van der Waals surface area contributed by atoms with Crippen LogP contribution in [0, 0.1) is 13.8 Å². The van der Waals surface area contributed by atoms with Crippen LogP contribution in [0.25, 0.3) is 11.0 Å². The van der Waals surface area contributed by atoms with E-state index in [0.717, 1.165) is 12.0 Å². The molecule has 0 spiro atoms. The van der Waals surface area contributed by atoms with E-state index >= 15 is 0 Å². The molecule has 1 aromatic carbocycles. The molecule has 1 amide bonds. The van der Waals surface area contributed by atoms with Gasteiger partial charge in [-0.1, -0.05) is 6.92 Å². The number of amides is 1. The lowest BCUT2D eigenvalue weighted by molar-refractivity contribution is -0.121. The van der Waals surface area contributed by atoms with Crippen molar-refractivity contribution in [2.75, 3.05) is 0 Å². The Bertz CT molecular complexity index is 776. The molecule has 2 N–H and O–H groups in total. The first-order valence-electron chi connectivity index (χ1n) is 7.38. The molecular weight excluding hydrogens is 282 g/mol. The third-order valence-corrected chi connectivity index (χ3v) is 3.86. The zero-order valence-corrected chi connectivity index (χ0v) is 13.3. The fourth-order valence-corrected chi connectivity index (χ4v) is 2.45. The van der Waals surface area contributed by atoms with Crippen molar-refractivity contribution >= 4 is 16.9 Å². The Labute approximate surface area is 129 Å². The quantitative estimate of drug-likeness (QED) is 0.851. The SMILES string of the molecule is CCC(C)NC(=O)Cc1c(C)c2c(O)cc(C)cc2oc1=O. The smallest absolute Gasteiger partial charge is 0.340 e. The lowest BCUT2D eigenvalue weighted by Gasteiger charge is -2.13. The van der Waals surface area contributed by atoms with Crippen LogP contribution in [-0.2, 0) is 11.2 Å². The average Bonchev–Trinajstić information content (AvgIpc) is 2.42. The highest BCUT2D eigenvalue weighted by molar-refractivity contribution is 5.89. The Kier molecular flexibility index (Phi) is 4.54. The predicted molar refractivity (Wildman–Crippen MR) is 85.2 cm³/mol. The summed E-state index contributed by atoms with van der Waals surface area (Å²) in [5.41, 5.74) is 1.48. The second-order valence-electron chi connectivity index (χ2n) is 5.70. The van der Waals surface area contributed by atoms with Gasteiger partial charge in [0.1, 0.15) is 11.3 Å². The number of aryl methyl sites for hydroxylation is 2. The molecule has 0 fully saturated rings. The minimum absolute atomic E-state index is 0.0522. The van der Waals surface area contributed by atoms with E-state index in [1.165, 1.54) is 0 Å². The van der Waals surface area contributed by atoms with Gasteiger partial charge in [0.2, 0.25) is 5.91 Å². The summed E-state index contributed by atoms with van der Waals surface area (Å²) >= 11 is 0. The van der Waals surface area contributed by atoms with Crippen LogP contribution in [-0.4, -0.2) is 17.1 Å². The van der Waals surface area contributed by atoms with Crippen LogP contribution in [0.3, 0.4) is 0 Å². The molecule has 1 atom stereocenters. The van der Waals surface area contributed by atoms with Crippen LogP contribution in [0.5, 0.6) is 5.75 Å². The second-order valence-corrected chi connectivity index (χ2v) is 5.70. The lowest BCUT2D eigenvalue weighted by Crippen LogP contribution is -2.34. The van der Waals surface area contributed by atoms with Gasteiger partial charge in [0.25, 0.3) is 0 Å². The monoisotopic (exact) mass is 303 g/mol. The van der Waals surface area contributed by atoms with Crippen molar-refractivity contribution in [3.05, 3.63) is 39.2 Å². The van der Waals surface area contributed by atoms with Gasteiger partial charge in [-0.25, -0.2) is 4.79 Å². The Hall–Kier alpha value is -2.30. The first-order valence-corrected chi connectivity index (χ1v) is 7.38. The fraction of sp³-hybridized carbons (Fsp3) is 0.412. The summed E-state index contributed by atoms with van der Waals surface area (Å²) in [6, 6.07) is 3.36. The number of carbonyl (C=O) groups excluding carboxylic acids is 1. The van der Waals surface area contributed by atoms with E-state index in [0.29, 0.717) is 16.5 Å². The molecule has 0 radical (unpaired) electrons. The van der Waals surface area contributed by atoms with Gasteiger partial charge < -0.3 is 14.8 Å². The molecule has 0 saturated heterocycles. The van der Waals surface area contributed by atoms with E-state index in [2.05, 4.69) is 5.32 Å². The number of fused-ring (bicyclic) bond motifs is 1. The minimum Gasteiger partial charge on any atom is -0.507 e. The number of phenols is 1. The van der Waals surface area contributed by atoms with Gasteiger partial charge in [0.15, 0.2) is 0 Å². The molecule has 5 heteroatoms. The van der Waals surface area contributed by atoms with Crippen molar-refractivity contribution in [2.45, 2.75) is 46.6 Å². The molecule has 1 heterocycles. The van der Waals surface area contributed by atoms with Gasteiger partial charge in [-0.2, -0.15) is 0 Å². The number of carbonyl (C=O) groups is 1. The van der Waals surface area contributed by atoms with Crippen LogP contribution in [0.4, 0.5) is 0 Å². The summed E-state index contributed by atoms with van der Waals surface area (Å²) in [7, 11) is 0. The number of aromatic hydroxyl groups is 1. The molecule has 2 rings (SSSR count). The first-order chi connectivity index (χ1) is 10.3. The number of phenolic OH excluding ortho intramolecular Hbond substituents is 1. The molecule has 0 saturated carbocycles. The number of benzene rings is 1. The van der Waals surface area contributed by atoms with Gasteiger partial charge in [0.05, 0.1) is 17.4 Å².